The van der Waals surface area contributed by atoms with Crippen molar-refractivity contribution in [3.8, 4) is 11.1 Å². The molecule has 1 aliphatic rings. The lowest BCUT2D eigenvalue weighted by atomic mass is 9.97. The van der Waals surface area contributed by atoms with Crippen molar-refractivity contribution in [3.05, 3.63) is 88.4 Å². The molecule has 4 rings (SSSR count). The lowest BCUT2D eigenvalue weighted by Crippen LogP contribution is -2.04. The zero-order chi connectivity index (χ0) is 15.6. The normalized spacial score (nSPS) is 14.0. The van der Waals surface area contributed by atoms with E-state index in [0.29, 0.717) is 0 Å². The first-order chi connectivity index (χ1) is 11.3. The van der Waals surface area contributed by atoms with Gasteiger partial charge in [-0.25, -0.2) is 0 Å². The van der Waals surface area contributed by atoms with Crippen LogP contribution in [-0.4, -0.2) is 0 Å². The van der Waals surface area contributed by atoms with Gasteiger partial charge in [-0.3, -0.25) is 0 Å². The number of hydrogen-bond acceptors (Lipinski definition) is 1. The lowest BCUT2D eigenvalue weighted by Gasteiger charge is -2.16. The molecule has 0 saturated carbocycles. The summed E-state index contributed by atoms with van der Waals surface area (Å²) in [5.41, 5.74) is 7.24. The van der Waals surface area contributed by atoms with E-state index in [4.69, 9.17) is 11.6 Å². The molecule has 0 saturated heterocycles. The molecule has 3 aromatic rings. The van der Waals surface area contributed by atoms with E-state index >= 15 is 0 Å². The number of fused-ring (bicyclic) bond motifs is 2. The molecule has 0 aliphatic carbocycles. The molecule has 0 atom stereocenters. The van der Waals surface area contributed by atoms with Crippen molar-refractivity contribution in [2.24, 2.45) is 0 Å². The number of benzene rings is 3. The monoisotopic (exact) mass is 317 g/mol. The van der Waals surface area contributed by atoms with Crippen molar-refractivity contribution in [2.45, 2.75) is 6.54 Å². The Balaban J connectivity index is 1.77. The molecule has 0 amide bonds. The Morgan fingerprint density at radius 1 is 0.739 bits per heavy atom. The number of rotatable bonds is 1. The van der Waals surface area contributed by atoms with Crippen LogP contribution in [0.1, 0.15) is 16.7 Å². The zero-order valence-electron chi connectivity index (χ0n) is 12.6. The summed E-state index contributed by atoms with van der Waals surface area (Å²) >= 11 is 6.11. The molecule has 0 spiro atoms. The van der Waals surface area contributed by atoms with Crippen LogP contribution < -0.4 is 5.32 Å². The highest BCUT2D eigenvalue weighted by Crippen LogP contribution is 2.29. The molecule has 112 valence electrons. The Hall–Kier alpha value is -2.51. The maximum atomic E-state index is 6.11. The highest BCUT2D eigenvalue weighted by atomic mass is 35.5. The van der Waals surface area contributed by atoms with Gasteiger partial charge in [-0.05, 0) is 52.1 Å². The second-order valence-corrected chi connectivity index (χ2v) is 6.13. The van der Waals surface area contributed by atoms with Gasteiger partial charge in [0.25, 0.3) is 0 Å². The second-order valence-electron chi connectivity index (χ2n) is 5.70. The van der Waals surface area contributed by atoms with Crippen molar-refractivity contribution in [3.63, 3.8) is 0 Å². The van der Waals surface area contributed by atoms with E-state index in [1.807, 2.05) is 24.3 Å². The second kappa shape index (κ2) is 5.94. The molecule has 3 aromatic carbocycles. The standard InChI is InChI=1S/C21H16ClN/c22-20-10-11-21-18(13-20)8-6-17-12-16(7-9-19(17)14-23-21)15-4-2-1-3-5-15/h1-13,23H,14H2/b8-6-. The molecule has 1 N–H and O–H groups in total. The van der Waals surface area contributed by atoms with Crippen LogP contribution in [0.3, 0.4) is 0 Å². The molecule has 23 heavy (non-hydrogen) atoms. The van der Waals surface area contributed by atoms with E-state index in [0.717, 1.165) is 22.8 Å². The molecule has 0 radical (unpaired) electrons. The van der Waals surface area contributed by atoms with Crippen LogP contribution in [0.5, 0.6) is 0 Å². The summed E-state index contributed by atoms with van der Waals surface area (Å²) in [5.74, 6) is 0. The fraction of sp³-hybridized carbons (Fsp3) is 0.0476. The smallest absolute Gasteiger partial charge is 0.0417 e. The zero-order valence-corrected chi connectivity index (χ0v) is 13.3. The third kappa shape index (κ3) is 2.88. The largest absolute Gasteiger partial charge is 0.380 e. The van der Waals surface area contributed by atoms with Gasteiger partial charge in [0.15, 0.2) is 0 Å². The van der Waals surface area contributed by atoms with Crippen molar-refractivity contribution < 1.29 is 0 Å². The Bertz CT molecular complexity index is 882. The van der Waals surface area contributed by atoms with Gasteiger partial charge in [-0.15, -0.1) is 0 Å². The number of nitrogens with one attached hydrogen (secondary N) is 1. The molecule has 1 nitrogen and oxygen atoms in total. The first-order valence-corrected chi connectivity index (χ1v) is 8.07. The van der Waals surface area contributed by atoms with E-state index < -0.39 is 0 Å². The molecule has 1 aliphatic heterocycles. The number of hydrogen-bond donors (Lipinski definition) is 1. The Morgan fingerprint density at radius 3 is 2.43 bits per heavy atom. The van der Waals surface area contributed by atoms with Crippen LogP contribution in [0.2, 0.25) is 5.02 Å². The van der Waals surface area contributed by atoms with E-state index in [-0.39, 0.29) is 0 Å². The molecule has 0 unspecified atom stereocenters. The van der Waals surface area contributed by atoms with Gasteiger partial charge in [-0.1, -0.05) is 66.2 Å². The van der Waals surface area contributed by atoms with E-state index in [2.05, 4.69) is 59.9 Å². The predicted molar refractivity (Wildman–Crippen MR) is 99.6 cm³/mol. The predicted octanol–water partition coefficient (Wildman–Crippen LogP) is 6.10. The number of halogens is 1. The fourth-order valence-electron chi connectivity index (χ4n) is 2.92. The van der Waals surface area contributed by atoms with Crippen molar-refractivity contribution in [1.29, 1.82) is 0 Å². The maximum Gasteiger partial charge on any atom is 0.0417 e. The summed E-state index contributed by atoms with van der Waals surface area (Å²) in [4.78, 5) is 0. The molecular weight excluding hydrogens is 302 g/mol. The van der Waals surface area contributed by atoms with Gasteiger partial charge in [0.05, 0.1) is 0 Å². The fourth-order valence-corrected chi connectivity index (χ4v) is 3.10. The first-order valence-electron chi connectivity index (χ1n) is 7.69. The summed E-state index contributed by atoms with van der Waals surface area (Å²) in [5, 5.41) is 4.26. The van der Waals surface area contributed by atoms with Gasteiger partial charge in [-0.2, -0.15) is 0 Å². The summed E-state index contributed by atoms with van der Waals surface area (Å²) < 4.78 is 0. The molecule has 1 heterocycles. The minimum atomic E-state index is 0.758. The summed E-state index contributed by atoms with van der Waals surface area (Å²) in [7, 11) is 0. The van der Waals surface area contributed by atoms with Gasteiger partial charge in [0, 0.05) is 17.3 Å². The van der Waals surface area contributed by atoms with Gasteiger partial charge in [0.1, 0.15) is 0 Å². The molecule has 0 fully saturated rings. The van der Waals surface area contributed by atoms with Crippen LogP contribution in [0.4, 0.5) is 5.69 Å². The molecule has 0 aromatic heterocycles. The molecular formula is C21H16ClN. The average molecular weight is 318 g/mol. The van der Waals surface area contributed by atoms with Gasteiger partial charge >= 0.3 is 0 Å². The average Bonchev–Trinajstić information content (AvgIpc) is 2.58. The van der Waals surface area contributed by atoms with Gasteiger partial charge < -0.3 is 5.32 Å². The van der Waals surface area contributed by atoms with E-state index in [1.54, 1.807) is 0 Å². The SMILES string of the molecule is Clc1ccc2c(c1)/C=C\c1cc(-c3ccccc3)ccc1CN2. The van der Waals surface area contributed by atoms with Crippen LogP contribution in [0.25, 0.3) is 23.3 Å². The van der Waals surface area contributed by atoms with Crippen molar-refractivity contribution in [2.75, 3.05) is 5.32 Å². The number of anilines is 1. The lowest BCUT2D eigenvalue weighted by molar-refractivity contribution is 1.14. The van der Waals surface area contributed by atoms with Crippen molar-refractivity contribution in [1.82, 2.24) is 0 Å². The van der Waals surface area contributed by atoms with Crippen LogP contribution in [0.15, 0.2) is 66.7 Å². The van der Waals surface area contributed by atoms with Crippen LogP contribution >= 0.6 is 11.6 Å². The summed E-state index contributed by atoms with van der Waals surface area (Å²) in [6.07, 6.45) is 4.30. The third-order valence-corrected chi connectivity index (χ3v) is 4.41. The van der Waals surface area contributed by atoms with E-state index in [1.165, 1.54) is 22.3 Å². The minimum absolute atomic E-state index is 0.758. The Morgan fingerprint density at radius 2 is 1.57 bits per heavy atom. The van der Waals surface area contributed by atoms with Crippen LogP contribution in [-0.2, 0) is 6.54 Å². The first kappa shape index (κ1) is 14.1. The minimum Gasteiger partial charge on any atom is -0.380 e. The topological polar surface area (TPSA) is 12.0 Å². The third-order valence-electron chi connectivity index (χ3n) is 4.18. The van der Waals surface area contributed by atoms with Crippen LogP contribution in [0, 0.1) is 0 Å². The summed E-state index contributed by atoms with van der Waals surface area (Å²) in [6, 6.07) is 23.1. The Kier molecular flexibility index (Phi) is 3.64. The maximum absolute atomic E-state index is 6.11. The van der Waals surface area contributed by atoms with Gasteiger partial charge in [0.2, 0.25) is 0 Å². The molecule has 2 heteroatoms. The van der Waals surface area contributed by atoms with Crippen molar-refractivity contribution >= 4 is 29.4 Å². The van der Waals surface area contributed by atoms with E-state index in [9.17, 15) is 0 Å². The summed E-state index contributed by atoms with van der Waals surface area (Å²) in [6.45, 7) is 0.809. The Labute approximate surface area is 141 Å². The molecule has 0 bridgehead atoms. The highest BCUT2D eigenvalue weighted by molar-refractivity contribution is 6.30. The quantitative estimate of drug-likeness (QED) is 0.571. The highest BCUT2D eigenvalue weighted by Gasteiger charge is 2.08.